The third kappa shape index (κ3) is 3.41. The van der Waals surface area contributed by atoms with Crippen LogP contribution in [-0.4, -0.2) is 17.8 Å². The molecule has 2 rings (SSSR count). The van der Waals surface area contributed by atoms with E-state index in [1.165, 1.54) is 12.1 Å². The van der Waals surface area contributed by atoms with Crippen LogP contribution in [0.3, 0.4) is 0 Å². The highest BCUT2D eigenvalue weighted by molar-refractivity contribution is 6.30. The summed E-state index contributed by atoms with van der Waals surface area (Å²) in [5.74, 6) is -0.457. The summed E-state index contributed by atoms with van der Waals surface area (Å²) in [7, 11) is 0. The van der Waals surface area contributed by atoms with E-state index in [-0.39, 0.29) is 11.1 Å². The Hall–Kier alpha value is -0.640. The molecule has 94 valence electrons. The van der Waals surface area contributed by atoms with Crippen molar-refractivity contribution in [1.29, 1.82) is 0 Å². The van der Waals surface area contributed by atoms with E-state index in [4.69, 9.17) is 16.3 Å². The lowest BCUT2D eigenvalue weighted by molar-refractivity contribution is 0.0812. The summed E-state index contributed by atoms with van der Waals surface area (Å²) in [6.07, 6.45) is 3.28. The number of aliphatic hydroxyl groups is 1. The van der Waals surface area contributed by atoms with Crippen LogP contribution in [0.15, 0.2) is 18.2 Å². The molecule has 1 aliphatic heterocycles. The fraction of sp³-hybridized carbons (Fsp3) is 0.538. The van der Waals surface area contributed by atoms with Crippen molar-refractivity contribution in [2.24, 2.45) is 0 Å². The molecule has 0 amide bonds. The van der Waals surface area contributed by atoms with Gasteiger partial charge in [0.2, 0.25) is 0 Å². The smallest absolute Gasteiger partial charge is 0.141 e. The van der Waals surface area contributed by atoms with Gasteiger partial charge in [-0.1, -0.05) is 17.7 Å². The van der Waals surface area contributed by atoms with E-state index in [1.54, 1.807) is 6.07 Å². The third-order valence-electron chi connectivity index (χ3n) is 3.11. The van der Waals surface area contributed by atoms with E-state index in [0.29, 0.717) is 12.0 Å². The normalized spacial score (nSPS) is 21.7. The second-order valence-corrected chi connectivity index (χ2v) is 4.81. The molecule has 0 aromatic heterocycles. The molecule has 1 aliphatic rings. The van der Waals surface area contributed by atoms with Crippen LogP contribution < -0.4 is 0 Å². The van der Waals surface area contributed by atoms with Gasteiger partial charge in [0.05, 0.1) is 17.2 Å². The second-order valence-electron chi connectivity index (χ2n) is 4.40. The minimum absolute atomic E-state index is 0.0543. The number of hydrogen-bond donors (Lipinski definition) is 1. The highest BCUT2D eigenvalue weighted by Crippen LogP contribution is 2.26. The fourth-order valence-electron chi connectivity index (χ4n) is 2.10. The van der Waals surface area contributed by atoms with Crippen LogP contribution in [0.25, 0.3) is 0 Å². The quantitative estimate of drug-likeness (QED) is 0.896. The van der Waals surface area contributed by atoms with Gasteiger partial charge in [-0.2, -0.15) is 0 Å². The van der Waals surface area contributed by atoms with Crippen LogP contribution in [0.5, 0.6) is 0 Å². The number of halogens is 2. The van der Waals surface area contributed by atoms with Crippen molar-refractivity contribution in [1.82, 2.24) is 0 Å². The van der Waals surface area contributed by atoms with Crippen molar-refractivity contribution in [2.45, 2.75) is 37.9 Å². The molecule has 2 unspecified atom stereocenters. The van der Waals surface area contributed by atoms with Gasteiger partial charge < -0.3 is 9.84 Å². The lowest BCUT2D eigenvalue weighted by Gasteiger charge is -2.14. The lowest BCUT2D eigenvalue weighted by Crippen LogP contribution is -2.08. The van der Waals surface area contributed by atoms with Crippen molar-refractivity contribution in [2.75, 3.05) is 6.61 Å². The zero-order valence-electron chi connectivity index (χ0n) is 9.53. The van der Waals surface area contributed by atoms with E-state index in [1.807, 2.05) is 0 Å². The van der Waals surface area contributed by atoms with Crippen molar-refractivity contribution >= 4 is 11.6 Å². The Morgan fingerprint density at radius 3 is 3.00 bits per heavy atom. The average molecular weight is 259 g/mol. The van der Waals surface area contributed by atoms with Crippen LogP contribution in [0.1, 0.15) is 37.4 Å². The molecule has 1 aromatic rings. The van der Waals surface area contributed by atoms with Gasteiger partial charge in [-0.3, -0.25) is 0 Å². The van der Waals surface area contributed by atoms with Crippen molar-refractivity contribution in [3.05, 3.63) is 34.6 Å². The Morgan fingerprint density at radius 2 is 2.35 bits per heavy atom. The molecule has 1 fully saturated rings. The molecule has 0 bridgehead atoms. The largest absolute Gasteiger partial charge is 0.388 e. The number of rotatable bonds is 4. The highest BCUT2D eigenvalue weighted by atomic mass is 35.5. The lowest BCUT2D eigenvalue weighted by atomic mass is 10.0. The summed E-state index contributed by atoms with van der Waals surface area (Å²) in [4.78, 5) is 0. The van der Waals surface area contributed by atoms with Crippen LogP contribution >= 0.6 is 11.6 Å². The molecule has 2 nitrogen and oxygen atoms in total. The zero-order chi connectivity index (χ0) is 12.3. The number of hydrogen-bond acceptors (Lipinski definition) is 2. The molecule has 0 aliphatic carbocycles. The van der Waals surface area contributed by atoms with Gasteiger partial charge in [-0.05, 0) is 43.4 Å². The van der Waals surface area contributed by atoms with E-state index >= 15 is 0 Å². The first-order valence-corrected chi connectivity index (χ1v) is 6.29. The molecule has 0 saturated carbocycles. The van der Waals surface area contributed by atoms with Gasteiger partial charge in [0.1, 0.15) is 5.82 Å². The molecule has 1 saturated heterocycles. The summed E-state index contributed by atoms with van der Waals surface area (Å²) >= 11 is 5.67. The Bertz CT molecular complexity index is 378. The van der Waals surface area contributed by atoms with E-state index < -0.39 is 11.9 Å². The highest BCUT2D eigenvalue weighted by Gasteiger charge is 2.18. The first-order chi connectivity index (χ1) is 8.16. The molecule has 2 atom stereocenters. The van der Waals surface area contributed by atoms with E-state index in [2.05, 4.69) is 0 Å². The first kappa shape index (κ1) is 12.8. The van der Waals surface area contributed by atoms with Gasteiger partial charge in [0.25, 0.3) is 0 Å². The monoisotopic (exact) mass is 258 g/mol. The molecular weight excluding hydrogens is 243 g/mol. The summed E-state index contributed by atoms with van der Waals surface area (Å²) in [5, 5.41) is 10.0. The summed E-state index contributed by atoms with van der Waals surface area (Å²) in [5.41, 5.74) is 0.661. The van der Waals surface area contributed by atoms with E-state index in [9.17, 15) is 9.50 Å². The van der Waals surface area contributed by atoms with Gasteiger partial charge >= 0.3 is 0 Å². The molecule has 17 heavy (non-hydrogen) atoms. The molecule has 0 spiro atoms. The number of aliphatic hydroxyl groups excluding tert-OH is 1. The molecule has 1 heterocycles. The van der Waals surface area contributed by atoms with Crippen molar-refractivity contribution in [3.63, 3.8) is 0 Å². The van der Waals surface area contributed by atoms with Gasteiger partial charge in [-0.15, -0.1) is 0 Å². The van der Waals surface area contributed by atoms with Gasteiger partial charge in [0, 0.05) is 6.61 Å². The Morgan fingerprint density at radius 1 is 1.53 bits per heavy atom. The van der Waals surface area contributed by atoms with Gasteiger partial charge in [0.15, 0.2) is 0 Å². The molecule has 0 radical (unpaired) electrons. The topological polar surface area (TPSA) is 29.5 Å². The standard InChI is InChI=1S/C13H16ClFO2/c14-11-8-9(3-5-12(11)15)13(16)6-4-10-2-1-7-17-10/h3,5,8,10,13,16H,1-2,4,6-7H2. The Balaban J connectivity index is 1.89. The number of ether oxygens (including phenoxy) is 1. The van der Waals surface area contributed by atoms with Crippen LogP contribution in [0, 0.1) is 5.82 Å². The summed E-state index contributed by atoms with van der Waals surface area (Å²) in [6, 6.07) is 4.34. The van der Waals surface area contributed by atoms with Crippen LogP contribution in [-0.2, 0) is 4.74 Å². The Labute approximate surface area is 105 Å². The molecule has 1 N–H and O–H groups in total. The first-order valence-electron chi connectivity index (χ1n) is 5.91. The summed E-state index contributed by atoms with van der Waals surface area (Å²) in [6.45, 7) is 0.823. The minimum Gasteiger partial charge on any atom is -0.388 e. The average Bonchev–Trinajstić information content (AvgIpc) is 2.82. The zero-order valence-corrected chi connectivity index (χ0v) is 10.3. The van der Waals surface area contributed by atoms with Crippen molar-refractivity contribution in [3.8, 4) is 0 Å². The maximum atomic E-state index is 13.0. The summed E-state index contributed by atoms with van der Waals surface area (Å²) < 4.78 is 18.4. The van der Waals surface area contributed by atoms with Crippen LogP contribution in [0.4, 0.5) is 4.39 Å². The van der Waals surface area contributed by atoms with Gasteiger partial charge in [-0.25, -0.2) is 4.39 Å². The molecular formula is C13H16ClFO2. The maximum absolute atomic E-state index is 13.0. The van der Waals surface area contributed by atoms with E-state index in [0.717, 1.165) is 25.9 Å². The molecule has 4 heteroatoms. The predicted octanol–water partition coefficient (Wildman–Crippen LogP) is 3.47. The van der Waals surface area contributed by atoms with Crippen molar-refractivity contribution < 1.29 is 14.2 Å². The Kier molecular flexibility index (Phi) is 4.37. The van der Waals surface area contributed by atoms with Crippen LogP contribution in [0.2, 0.25) is 5.02 Å². The molecule has 1 aromatic carbocycles. The minimum atomic E-state index is -0.600. The fourth-order valence-corrected chi connectivity index (χ4v) is 2.29. The third-order valence-corrected chi connectivity index (χ3v) is 3.40. The number of benzene rings is 1. The maximum Gasteiger partial charge on any atom is 0.141 e. The SMILES string of the molecule is OC(CCC1CCCO1)c1ccc(F)c(Cl)c1. The predicted molar refractivity (Wildman–Crippen MR) is 64.6 cm³/mol. The second kappa shape index (κ2) is 5.80.